The monoisotopic (exact) mass is 633 g/mol. The van der Waals surface area contributed by atoms with E-state index in [0.717, 1.165) is 59.7 Å². The van der Waals surface area contributed by atoms with Gasteiger partial charge in [0.2, 0.25) is 0 Å². The van der Waals surface area contributed by atoms with Crippen LogP contribution in [0.1, 0.15) is 66.7 Å². The second-order valence-corrected chi connectivity index (χ2v) is 13.5. The molecule has 46 heavy (non-hydrogen) atoms. The first-order chi connectivity index (χ1) is 22.2. The van der Waals surface area contributed by atoms with E-state index in [1.165, 1.54) is 11.5 Å². The van der Waals surface area contributed by atoms with Gasteiger partial charge in [0.05, 0.1) is 17.3 Å². The molecule has 1 unspecified atom stereocenters. The molecule has 2 amide bonds. The average Bonchev–Trinajstić information content (AvgIpc) is 3.74. The zero-order chi connectivity index (χ0) is 32.3. The summed E-state index contributed by atoms with van der Waals surface area (Å²) >= 11 is 1.30. The Morgan fingerprint density at radius 1 is 0.957 bits per heavy atom. The van der Waals surface area contributed by atoms with Gasteiger partial charge in [-0.05, 0) is 74.1 Å². The lowest BCUT2D eigenvalue weighted by atomic mass is 9.75. The molecule has 6 rings (SSSR count). The van der Waals surface area contributed by atoms with Crippen LogP contribution >= 0.6 is 11.5 Å². The summed E-state index contributed by atoms with van der Waals surface area (Å²) < 4.78 is 5.72. The number of amides is 2. The summed E-state index contributed by atoms with van der Waals surface area (Å²) in [6, 6.07) is 24.8. The zero-order valence-corrected chi connectivity index (χ0v) is 27.4. The van der Waals surface area contributed by atoms with Crippen LogP contribution in [0.25, 0.3) is 16.9 Å². The quantitative estimate of drug-likeness (QED) is 0.152. The fraction of sp³-hybridized carbons (Fsp3) is 0.306. The van der Waals surface area contributed by atoms with E-state index < -0.39 is 11.9 Å². The van der Waals surface area contributed by atoms with Crippen molar-refractivity contribution in [2.45, 2.75) is 51.9 Å². The van der Waals surface area contributed by atoms with Crippen LogP contribution in [0, 0.1) is 12.8 Å². The first kappa shape index (κ1) is 31.3. The van der Waals surface area contributed by atoms with Crippen LogP contribution in [0.5, 0.6) is 0 Å². The number of piperidine rings is 1. The molecule has 1 aliphatic heterocycles. The van der Waals surface area contributed by atoms with Gasteiger partial charge in [-0.1, -0.05) is 85.4 Å². The molecular weight excluding hydrogens is 595 g/mol. The Hall–Kier alpha value is -4.67. The van der Waals surface area contributed by atoms with Crippen molar-refractivity contribution < 1.29 is 9.59 Å². The molecule has 10 heteroatoms. The Morgan fingerprint density at radius 2 is 1.67 bits per heavy atom. The van der Waals surface area contributed by atoms with Gasteiger partial charge < -0.3 is 10.6 Å². The average molecular weight is 634 g/mol. The fourth-order valence-electron chi connectivity index (χ4n) is 5.93. The number of rotatable bonds is 8. The number of nitrogens with one attached hydrogen (secondary N) is 3. The highest BCUT2D eigenvalue weighted by molar-refractivity contribution is 7.03. The van der Waals surface area contributed by atoms with Gasteiger partial charge in [-0.25, -0.2) is 9.48 Å². The Kier molecular flexibility index (Phi) is 9.10. The van der Waals surface area contributed by atoms with Crippen molar-refractivity contribution in [3.05, 3.63) is 107 Å². The number of nitrogens with zero attached hydrogens (tertiary/aromatic N) is 4. The molecule has 0 bridgehead atoms. The lowest BCUT2D eigenvalue weighted by Crippen LogP contribution is -2.34. The molecule has 0 radical (unpaired) electrons. The van der Waals surface area contributed by atoms with Crippen LogP contribution in [-0.2, 0) is 5.41 Å². The highest BCUT2D eigenvalue weighted by Crippen LogP contribution is 2.38. The van der Waals surface area contributed by atoms with Gasteiger partial charge in [-0.2, -0.15) is 5.10 Å². The third-order valence-electron chi connectivity index (χ3n) is 8.50. The number of carbonyl (C=O) groups excluding carboxylic acids is 2. The number of Topliss-reactive ketones (excluding diaryl/α,β-unsaturated/α-hetero) is 1. The van der Waals surface area contributed by atoms with Gasteiger partial charge in [0.15, 0.2) is 5.78 Å². The molecule has 236 valence electrons. The van der Waals surface area contributed by atoms with Crippen LogP contribution < -0.4 is 16.0 Å². The van der Waals surface area contributed by atoms with Crippen molar-refractivity contribution in [1.29, 1.82) is 0 Å². The predicted molar refractivity (Wildman–Crippen MR) is 184 cm³/mol. The summed E-state index contributed by atoms with van der Waals surface area (Å²) in [4.78, 5) is 28.0. The maximum atomic E-state index is 14.3. The maximum Gasteiger partial charge on any atom is 0.324 e. The number of ketones is 1. The first-order valence-electron chi connectivity index (χ1n) is 15.6. The van der Waals surface area contributed by atoms with Gasteiger partial charge in [0.1, 0.15) is 11.5 Å². The minimum absolute atomic E-state index is 0.0387. The van der Waals surface area contributed by atoms with E-state index in [1.807, 2.05) is 91.2 Å². The third-order valence-corrected chi connectivity index (χ3v) is 9.01. The molecule has 1 aliphatic rings. The van der Waals surface area contributed by atoms with Crippen molar-refractivity contribution in [3.8, 4) is 16.9 Å². The molecule has 3 aromatic carbocycles. The molecule has 0 saturated carbocycles. The van der Waals surface area contributed by atoms with Crippen molar-refractivity contribution >= 4 is 34.9 Å². The van der Waals surface area contributed by atoms with E-state index in [-0.39, 0.29) is 17.1 Å². The van der Waals surface area contributed by atoms with E-state index in [1.54, 1.807) is 4.68 Å². The lowest BCUT2D eigenvalue weighted by Gasteiger charge is -2.31. The fourth-order valence-corrected chi connectivity index (χ4v) is 6.40. The number of hydrogen-bond acceptors (Lipinski definition) is 7. The van der Waals surface area contributed by atoms with Gasteiger partial charge in [0, 0.05) is 33.7 Å². The molecule has 3 heterocycles. The molecular formula is C36H39N7O2S. The van der Waals surface area contributed by atoms with Gasteiger partial charge in [0.25, 0.3) is 0 Å². The van der Waals surface area contributed by atoms with Crippen LogP contribution in [0.15, 0.2) is 84.2 Å². The Morgan fingerprint density at radius 3 is 2.35 bits per heavy atom. The van der Waals surface area contributed by atoms with E-state index in [2.05, 4.69) is 46.3 Å². The first-order valence-corrected chi connectivity index (χ1v) is 16.5. The Balaban J connectivity index is 1.29. The number of anilines is 2. The number of para-hydroxylation sites is 1. The standard InChI is InChI=1S/C36H39N7O2S/c1-23-9-15-27(16-10-23)43-32(21-31(41-43)36(2,3)4)39-35(45)38-29-8-6-5-7-28(29)33(25-17-19-37-20-18-25)34(44)26-13-11-24(12-14-26)30-22-46-42-40-30/h5-16,21-22,25,33,37H,17-20H2,1-4H3,(H2,38,39,45). The molecule has 0 spiro atoms. The highest BCUT2D eigenvalue weighted by atomic mass is 32.1. The number of aromatic nitrogens is 4. The molecule has 1 saturated heterocycles. The van der Waals surface area contributed by atoms with Crippen LogP contribution in [0.3, 0.4) is 0 Å². The second-order valence-electron chi connectivity index (χ2n) is 12.9. The van der Waals surface area contributed by atoms with E-state index >= 15 is 0 Å². The van der Waals surface area contributed by atoms with Crippen LogP contribution in [0.2, 0.25) is 0 Å². The van der Waals surface area contributed by atoms with Crippen LogP contribution in [0.4, 0.5) is 16.3 Å². The van der Waals surface area contributed by atoms with Gasteiger partial charge in [-0.3, -0.25) is 10.1 Å². The predicted octanol–water partition coefficient (Wildman–Crippen LogP) is 7.61. The molecule has 1 atom stereocenters. The summed E-state index contributed by atoms with van der Waals surface area (Å²) in [5.41, 5.74) is 6.40. The Bertz CT molecular complexity index is 1800. The van der Waals surface area contributed by atoms with Gasteiger partial charge in [-0.15, -0.1) is 5.10 Å². The number of hydrogen-bond donors (Lipinski definition) is 3. The second kappa shape index (κ2) is 13.4. The van der Waals surface area contributed by atoms with Crippen LogP contribution in [-0.4, -0.2) is 44.3 Å². The van der Waals surface area contributed by atoms with Crippen molar-refractivity contribution in [3.63, 3.8) is 0 Å². The van der Waals surface area contributed by atoms with Crippen molar-refractivity contribution in [1.82, 2.24) is 24.7 Å². The van der Waals surface area contributed by atoms with E-state index in [0.29, 0.717) is 17.1 Å². The molecule has 9 nitrogen and oxygen atoms in total. The summed E-state index contributed by atoms with van der Waals surface area (Å²) in [6.07, 6.45) is 1.73. The molecule has 1 fully saturated rings. The van der Waals surface area contributed by atoms with Gasteiger partial charge >= 0.3 is 6.03 Å². The minimum Gasteiger partial charge on any atom is -0.317 e. The SMILES string of the molecule is Cc1ccc(-n2nc(C(C)(C)C)cc2NC(=O)Nc2ccccc2C(C(=O)c2ccc(-c3csnn3)cc2)C2CCNCC2)cc1. The number of carbonyl (C=O) groups is 2. The maximum absolute atomic E-state index is 14.3. The Labute approximate surface area is 273 Å². The summed E-state index contributed by atoms with van der Waals surface area (Å²) in [7, 11) is 0. The minimum atomic E-state index is -0.420. The lowest BCUT2D eigenvalue weighted by molar-refractivity contribution is 0.0916. The number of benzene rings is 3. The highest BCUT2D eigenvalue weighted by Gasteiger charge is 2.33. The molecule has 0 aliphatic carbocycles. The summed E-state index contributed by atoms with van der Waals surface area (Å²) in [5, 5.41) is 20.4. The zero-order valence-electron chi connectivity index (χ0n) is 26.6. The molecule has 3 N–H and O–H groups in total. The number of urea groups is 1. The molecule has 2 aromatic heterocycles. The summed E-state index contributed by atoms with van der Waals surface area (Å²) in [5.74, 6) is 0.303. The van der Waals surface area contributed by atoms with Crippen molar-refractivity contribution in [2.75, 3.05) is 23.7 Å². The van der Waals surface area contributed by atoms with Crippen molar-refractivity contribution in [2.24, 2.45) is 5.92 Å². The van der Waals surface area contributed by atoms with E-state index in [9.17, 15) is 9.59 Å². The summed E-state index contributed by atoms with van der Waals surface area (Å²) in [6.45, 7) is 10.0. The largest absolute Gasteiger partial charge is 0.324 e. The third kappa shape index (κ3) is 6.93. The number of aryl methyl sites for hydroxylation is 1. The topological polar surface area (TPSA) is 114 Å². The van der Waals surface area contributed by atoms with E-state index in [4.69, 9.17) is 5.10 Å². The normalized spacial score (nSPS) is 14.5. The molecule has 5 aromatic rings. The smallest absolute Gasteiger partial charge is 0.317 e.